The highest BCUT2D eigenvalue weighted by atomic mass is 16.5. The molecule has 0 saturated carbocycles. The van der Waals surface area contributed by atoms with Gasteiger partial charge in [-0.15, -0.1) is 0 Å². The normalized spacial score (nSPS) is 17.1. The van der Waals surface area contributed by atoms with Crippen LogP contribution >= 0.6 is 0 Å². The van der Waals surface area contributed by atoms with Crippen molar-refractivity contribution in [3.8, 4) is 11.1 Å². The van der Waals surface area contributed by atoms with Gasteiger partial charge in [0.2, 0.25) is 0 Å². The molecular weight excluding hydrogens is 348 g/mol. The minimum absolute atomic E-state index is 0.0771. The lowest BCUT2D eigenvalue weighted by Crippen LogP contribution is -2.43. The van der Waals surface area contributed by atoms with Gasteiger partial charge in [-0.05, 0) is 59.5 Å². The van der Waals surface area contributed by atoms with Crippen LogP contribution in [0.15, 0.2) is 48.5 Å². The largest absolute Gasteiger partial charge is 0.449 e. The Balaban J connectivity index is 1.36. The fraction of sp³-hybridized carbons (Fsp3) is 0.458. The molecule has 148 valence electrons. The standard InChI is InChI=1S/C24H30N2O2/c1-24(2,17-11-13-25-14-12-17)16-26-23(27)28-15-22-20-9-5-3-7-18(20)19-8-4-6-10-21(19)22/h3-10,17,22,25H,11-16H2,1-2H3,(H,26,27). The third-order valence-electron chi connectivity index (χ3n) is 6.48. The highest BCUT2D eigenvalue weighted by Gasteiger charge is 2.32. The van der Waals surface area contributed by atoms with Crippen molar-refractivity contribution in [3.63, 3.8) is 0 Å². The first-order chi connectivity index (χ1) is 13.6. The van der Waals surface area contributed by atoms with E-state index in [1.165, 1.54) is 35.1 Å². The average Bonchev–Trinajstić information content (AvgIpc) is 3.05. The molecule has 0 bridgehead atoms. The summed E-state index contributed by atoms with van der Waals surface area (Å²) in [5.74, 6) is 0.734. The zero-order valence-corrected chi connectivity index (χ0v) is 16.8. The van der Waals surface area contributed by atoms with E-state index in [9.17, 15) is 4.79 Å². The topological polar surface area (TPSA) is 50.4 Å². The van der Waals surface area contributed by atoms with E-state index >= 15 is 0 Å². The minimum Gasteiger partial charge on any atom is -0.449 e. The number of hydrogen-bond donors (Lipinski definition) is 2. The summed E-state index contributed by atoms with van der Waals surface area (Å²) in [5.41, 5.74) is 5.06. The van der Waals surface area contributed by atoms with Crippen molar-refractivity contribution in [2.24, 2.45) is 11.3 Å². The molecule has 0 unspecified atom stereocenters. The molecule has 2 aromatic rings. The van der Waals surface area contributed by atoms with E-state index in [1.807, 2.05) is 0 Å². The molecule has 28 heavy (non-hydrogen) atoms. The van der Waals surface area contributed by atoms with Crippen molar-refractivity contribution in [2.75, 3.05) is 26.2 Å². The number of hydrogen-bond acceptors (Lipinski definition) is 3. The monoisotopic (exact) mass is 378 g/mol. The zero-order valence-electron chi connectivity index (χ0n) is 16.8. The van der Waals surface area contributed by atoms with Gasteiger partial charge in [0.1, 0.15) is 6.61 Å². The summed E-state index contributed by atoms with van der Waals surface area (Å²) in [6, 6.07) is 16.8. The van der Waals surface area contributed by atoms with E-state index in [2.05, 4.69) is 73.0 Å². The van der Waals surface area contributed by atoms with Crippen LogP contribution in [-0.2, 0) is 4.74 Å². The molecule has 1 heterocycles. The van der Waals surface area contributed by atoms with Gasteiger partial charge in [-0.25, -0.2) is 4.79 Å². The van der Waals surface area contributed by atoms with Gasteiger partial charge in [0.25, 0.3) is 0 Å². The average molecular weight is 379 g/mol. The first-order valence-electron chi connectivity index (χ1n) is 10.4. The Morgan fingerprint density at radius 1 is 1.04 bits per heavy atom. The predicted octanol–water partition coefficient (Wildman–Crippen LogP) is 4.55. The van der Waals surface area contributed by atoms with Crippen molar-refractivity contribution >= 4 is 6.09 Å². The van der Waals surface area contributed by atoms with Crippen molar-refractivity contribution in [1.29, 1.82) is 0 Å². The van der Waals surface area contributed by atoms with Gasteiger partial charge in [-0.1, -0.05) is 62.4 Å². The van der Waals surface area contributed by atoms with Crippen LogP contribution in [0.3, 0.4) is 0 Å². The predicted molar refractivity (Wildman–Crippen MR) is 112 cm³/mol. The number of carbonyl (C=O) groups excluding carboxylic acids is 1. The molecule has 2 aliphatic rings. The maximum absolute atomic E-state index is 12.4. The van der Waals surface area contributed by atoms with Gasteiger partial charge in [-0.3, -0.25) is 0 Å². The molecule has 4 heteroatoms. The lowest BCUT2D eigenvalue weighted by molar-refractivity contribution is 0.124. The summed E-state index contributed by atoms with van der Waals surface area (Å²) < 4.78 is 5.66. The van der Waals surface area contributed by atoms with E-state index in [0.29, 0.717) is 19.1 Å². The molecule has 2 N–H and O–H groups in total. The Morgan fingerprint density at radius 2 is 1.61 bits per heavy atom. The first kappa shape index (κ1) is 19.0. The van der Waals surface area contributed by atoms with Gasteiger partial charge in [0.05, 0.1) is 0 Å². The molecule has 0 aromatic heterocycles. The molecule has 1 aliphatic heterocycles. The van der Waals surface area contributed by atoms with Crippen molar-refractivity contribution in [1.82, 2.24) is 10.6 Å². The number of fused-ring (bicyclic) bond motifs is 3. The van der Waals surface area contributed by atoms with E-state index < -0.39 is 0 Å². The lowest BCUT2D eigenvalue weighted by Gasteiger charge is -2.37. The van der Waals surface area contributed by atoms with Gasteiger partial charge in [-0.2, -0.15) is 0 Å². The molecule has 1 saturated heterocycles. The summed E-state index contributed by atoms with van der Waals surface area (Å²) in [6.45, 7) is 7.64. The quantitative estimate of drug-likeness (QED) is 0.802. The van der Waals surface area contributed by atoms with Gasteiger partial charge < -0.3 is 15.4 Å². The highest BCUT2D eigenvalue weighted by molar-refractivity contribution is 5.79. The minimum atomic E-state index is -0.316. The number of alkyl carbamates (subject to hydrolysis) is 1. The second-order valence-electron chi connectivity index (χ2n) is 8.69. The van der Waals surface area contributed by atoms with E-state index in [0.717, 1.165) is 13.1 Å². The third kappa shape index (κ3) is 3.79. The van der Waals surface area contributed by atoms with Crippen LogP contribution in [0.1, 0.15) is 43.7 Å². The van der Waals surface area contributed by atoms with Gasteiger partial charge >= 0.3 is 6.09 Å². The van der Waals surface area contributed by atoms with Gasteiger partial charge in [0, 0.05) is 12.5 Å². The van der Waals surface area contributed by atoms with Gasteiger partial charge in [0.15, 0.2) is 0 Å². The number of carbonyl (C=O) groups is 1. The first-order valence-corrected chi connectivity index (χ1v) is 10.4. The van der Waals surface area contributed by atoms with Crippen LogP contribution in [0.2, 0.25) is 0 Å². The molecule has 1 fully saturated rings. The fourth-order valence-corrected chi connectivity index (χ4v) is 4.70. The molecule has 0 atom stereocenters. The molecule has 4 rings (SSSR count). The third-order valence-corrected chi connectivity index (χ3v) is 6.48. The molecule has 1 amide bonds. The van der Waals surface area contributed by atoms with Crippen molar-refractivity contribution in [2.45, 2.75) is 32.6 Å². The second kappa shape index (κ2) is 7.96. The van der Waals surface area contributed by atoms with Crippen LogP contribution in [0.5, 0.6) is 0 Å². The van der Waals surface area contributed by atoms with E-state index in [1.54, 1.807) is 0 Å². The SMILES string of the molecule is CC(C)(CNC(=O)OCC1c2ccccc2-c2ccccc21)C1CCNCC1. The number of amides is 1. The molecule has 0 radical (unpaired) electrons. The Hall–Kier alpha value is -2.33. The van der Waals surface area contributed by atoms with Crippen LogP contribution in [0, 0.1) is 11.3 Å². The summed E-state index contributed by atoms with van der Waals surface area (Å²) in [6.07, 6.45) is 2.02. The Labute approximate surface area is 167 Å². The number of benzene rings is 2. The Morgan fingerprint density at radius 3 is 2.21 bits per heavy atom. The van der Waals surface area contributed by atoms with Crippen LogP contribution in [-0.4, -0.2) is 32.3 Å². The second-order valence-corrected chi connectivity index (χ2v) is 8.69. The number of piperidine rings is 1. The smallest absolute Gasteiger partial charge is 0.407 e. The van der Waals surface area contributed by atoms with Crippen LogP contribution in [0.25, 0.3) is 11.1 Å². The lowest BCUT2D eigenvalue weighted by atomic mass is 9.74. The summed E-state index contributed by atoms with van der Waals surface area (Å²) >= 11 is 0. The number of nitrogens with one attached hydrogen (secondary N) is 2. The van der Waals surface area contributed by atoms with Crippen molar-refractivity contribution in [3.05, 3.63) is 59.7 Å². The number of rotatable bonds is 5. The molecule has 0 spiro atoms. The summed E-state index contributed by atoms with van der Waals surface area (Å²) in [4.78, 5) is 12.4. The van der Waals surface area contributed by atoms with Crippen LogP contribution in [0.4, 0.5) is 4.79 Å². The zero-order chi connectivity index (χ0) is 19.6. The Kier molecular flexibility index (Phi) is 5.40. The molecule has 4 nitrogen and oxygen atoms in total. The van der Waals surface area contributed by atoms with Crippen LogP contribution < -0.4 is 10.6 Å². The van der Waals surface area contributed by atoms with E-state index in [4.69, 9.17) is 4.74 Å². The molecular formula is C24H30N2O2. The maximum atomic E-state index is 12.4. The molecule has 1 aliphatic carbocycles. The van der Waals surface area contributed by atoms with E-state index in [-0.39, 0.29) is 17.4 Å². The molecule has 2 aromatic carbocycles. The summed E-state index contributed by atoms with van der Waals surface area (Å²) in [7, 11) is 0. The maximum Gasteiger partial charge on any atom is 0.407 e. The summed E-state index contributed by atoms with van der Waals surface area (Å²) in [5, 5.41) is 6.42. The Bertz CT molecular complexity index is 795. The van der Waals surface area contributed by atoms with Crippen molar-refractivity contribution < 1.29 is 9.53 Å². The fourth-order valence-electron chi connectivity index (χ4n) is 4.70. The highest BCUT2D eigenvalue weighted by Crippen LogP contribution is 2.44. The number of ether oxygens (including phenoxy) is 1.